The summed E-state index contributed by atoms with van der Waals surface area (Å²) in [6.07, 6.45) is 2.92. The Labute approximate surface area is 168 Å². The standard InChI is InChI=1S/C22H26N2O3S/c1-15-10-11-18(12-16(15)2)23-21(25)13-28(27)14-22(26)24-20-9-5-7-17-6-3-4-8-19(17)20/h3-4,6,8,10-12,20H,5,7,9,13-14H2,1-2H3,(H,23,25)(H,24,26)/t20-,28-/m1/s1. The molecule has 5 nitrogen and oxygen atoms in total. The van der Waals surface area contributed by atoms with Crippen LogP contribution < -0.4 is 10.6 Å². The Balaban J connectivity index is 1.50. The Morgan fingerprint density at radius 1 is 1.04 bits per heavy atom. The first-order valence-electron chi connectivity index (χ1n) is 9.51. The molecule has 2 amide bonds. The molecule has 0 fully saturated rings. The van der Waals surface area contributed by atoms with Crippen LogP contribution in [0.3, 0.4) is 0 Å². The third-order valence-corrected chi connectivity index (χ3v) is 6.25. The lowest BCUT2D eigenvalue weighted by Crippen LogP contribution is -2.35. The van der Waals surface area contributed by atoms with Gasteiger partial charge in [-0.2, -0.15) is 0 Å². The predicted molar refractivity (Wildman–Crippen MR) is 113 cm³/mol. The summed E-state index contributed by atoms with van der Waals surface area (Å²) in [5, 5.41) is 5.72. The van der Waals surface area contributed by atoms with Gasteiger partial charge in [-0.15, -0.1) is 0 Å². The molecule has 0 saturated heterocycles. The molecule has 2 atom stereocenters. The van der Waals surface area contributed by atoms with Crippen molar-refractivity contribution in [2.45, 2.75) is 39.2 Å². The van der Waals surface area contributed by atoms with E-state index in [9.17, 15) is 13.8 Å². The molecule has 2 aromatic carbocycles. The minimum atomic E-state index is -1.55. The molecule has 3 rings (SSSR count). The van der Waals surface area contributed by atoms with Gasteiger partial charge in [-0.3, -0.25) is 13.8 Å². The van der Waals surface area contributed by atoms with Crippen molar-refractivity contribution in [3.63, 3.8) is 0 Å². The van der Waals surface area contributed by atoms with E-state index in [4.69, 9.17) is 0 Å². The van der Waals surface area contributed by atoms with E-state index in [2.05, 4.69) is 16.7 Å². The SMILES string of the molecule is Cc1ccc(NC(=O)C[S@@](=O)CC(=O)N[C@@H]2CCCc3ccccc32)cc1C. The zero-order valence-electron chi connectivity index (χ0n) is 16.3. The van der Waals surface area contributed by atoms with Crippen molar-refractivity contribution in [3.8, 4) is 0 Å². The largest absolute Gasteiger partial charge is 0.348 e. The minimum absolute atomic E-state index is 0.0428. The molecule has 148 valence electrons. The summed E-state index contributed by atoms with van der Waals surface area (Å²) < 4.78 is 12.3. The van der Waals surface area contributed by atoms with E-state index >= 15 is 0 Å². The molecule has 0 aromatic heterocycles. The van der Waals surface area contributed by atoms with Crippen LogP contribution in [0, 0.1) is 13.8 Å². The van der Waals surface area contributed by atoms with Gasteiger partial charge in [-0.05, 0) is 67.5 Å². The number of nitrogens with one attached hydrogen (secondary N) is 2. The van der Waals surface area contributed by atoms with E-state index in [1.54, 1.807) is 0 Å². The fourth-order valence-electron chi connectivity index (χ4n) is 3.50. The first-order valence-corrected chi connectivity index (χ1v) is 11.0. The van der Waals surface area contributed by atoms with Gasteiger partial charge in [0.05, 0.1) is 6.04 Å². The van der Waals surface area contributed by atoms with Crippen LogP contribution in [-0.4, -0.2) is 27.5 Å². The lowest BCUT2D eigenvalue weighted by atomic mass is 9.88. The maximum Gasteiger partial charge on any atom is 0.237 e. The van der Waals surface area contributed by atoms with Gasteiger partial charge in [-0.25, -0.2) is 0 Å². The van der Waals surface area contributed by atoms with Crippen molar-refractivity contribution in [1.82, 2.24) is 5.32 Å². The smallest absolute Gasteiger partial charge is 0.237 e. The van der Waals surface area contributed by atoms with Gasteiger partial charge in [0.15, 0.2) is 0 Å². The second-order valence-electron chi connectivity index (χ2n) is 7.29. The first kappa shape index (κ1) is 20.3. The zero-order valence-corrected chi connectivity index (χ0v) is 17.1. The summed E-state index contributed by atoms with van der Waals surface area (Å²) in [7, 11) is -1.55. The molecule has 28 heavy (non-hydrogen) atoms. The molecule has 0 saturated carbocycles. The highest BCUT2D eigenvalue weighted by Crippen LogP contribution is 2.29. The number of fused-ring (bicyclic) bond motifs is 1. The number of rotatable bonds is 6. The first-order chi connectivity index (χ1) is 13.4. The van der Waals surface area contributed by atoms with Crippen LogP contribution >= 0.6 is 0 Å². The summed E-state index contributed by atoms with van der Waals surface area (Å²) in [6.45, 7) is 3.97. The lowest BCUT2D eigenvalue weighted by Gasteiger charge is -2.26. The van der Waals surface area contributed by atoms with E-state index in [-0.39, 0.29) is 29.4 Å². The van der Waals surface area contributed by atoms with Crippen molar-refractivity contribution in [3.05, 3.63) is 64.7 Å². The molecule has 0 aliphatic heterocycles. The molecular formula is C22H26N2O3S. The molecule has 0 radical (unpaired) electrons. The molecule has 2 N–H and O–H groups in total. The van der Waals surface area contributed by atoms with E-state index in [0.717, 1.165) is 36.0 Å². The Hall–Kier alpha value is -2.47. The molecule has 0 heterocycles. The lowest BCUT2D eigenvalue weighted by molar-refractivity contribution is -0.119. The number of carbonyl (C=O) groups is 2. The van der Waals surface area contributed by atoms with E-state index in [0.29, 0.717) is 5.69 Å². The van der Waals surface area contributed by atoms with Crippen molar-refractivity contribution in [2.75, 3.05) is 16.8 Å². The number of hydrogen-bond donors (Lipinski definition) is 2. The Bertz CT molecular complexity index is 910. The summed E-state index contributed by atoms with van der Waals surface area (Å²) in [5.41, 5.74) is 5.29. The van der Waals surface area contributed by atoms with Gasteiger partial charge < -0.3 is 10.6 Å². The number of aryl methyl sites for hydroxylation is 3. The molecule has 0 bridgehead atoms. The third kappa shape index (κ3) is 5.29. The molecule has 1 aliphatic rings. The van der Waals surface area contributed by atoms with Gasteiger partial charge >= 0.3 is 0 Å². The minimum Gasteiger partial charge on any atom is -0.348 e. The van der Waals surface area contributed by atoms with E-state index in [1.165, 1.54) is 5.56 Å². The number of carbonyl (C=O) groups excluding carboxylic acids is 2. The van der Waals surface area contributed by atoms with E-state index in [1.807, 2.05) is 50.2 Å². The normalized spacial score (nSPS) is 16.7. The van der Waals surface area contributed by atoms with Crippen LogP contribution in [0.4, 0.5) is 5.69 Å². The van der Waals surface area contributed by atoms with Gasteiger partial charge in [0.25, 0.3) is 0 Å². The second kappa shape index (κ2) is 9.15. The highest BCUT2D eigenvalue weighted by Gasteiger charge is 2.22. The Morgan fingerprint density at radius 2 is 1.79 bits per heavy atom. The average Bonchev–Trinajstić information content (AvgIpc) is 2.64. The molecular weight excluding hydrogens is 372 g/mol. The summed E-state index contributed by atoms with van der Waals surface area (Å²) in [6, 6.07) is 13.7. The summed E-state index contributed by atoms with van der Waals surface area (Å²) >= 11 is 0. The fourth-order valence-corrected chi connectivity index (χ4v) is 4.34. The van der Waals surface area contributed by atoms with E-state index < -0.39 is 10.8 Å². The molecule has 2 aromatic rings. The Kier molecular flexibility index (Phi) is 6.62. The highest BCUT2D eigenvalue weighted by molar-refractivity contribution is 7.86. The predicted octanol–water partition coefficient (Wildman–Crippen LogP) is 3.18. The number of amides is 2. The van der Waals surface area contributed by atoms with Crippen LogP contribution in [0.25, 0.3) is 0 Å². The van der Waals surface area contributed by atoms with Crippen LogP contribution in [-0.2, 0) is 26.8 Å². The summed E-state index contributed by atoms with van der Waals surface area (Å²) in [4.78, 5) is 24.4. The average molecular weight is 399 g/mol. The van der Waals surface area contributed by atoms with Crippen LogP contribution in [0.15, 0.2) is 42.5 Å². The zero-order chi connectivity index (χ0) is 20.1. The van der Waals surface area contributed by atoms with Crippen LogP contribution in [0.1, 0.15) is 41.1 Å². The van der Waals surface area contributed by atoms with Crippen molar-refractivity contribution in [1.29, 1.82) is 0 Å². The molecule has 6 heteroatoms. The fraction of sp³-hybridized carbons (Fsp3) is 0.364. The Morgan fingerprint density at radius 3 is 2.57 bits per heavy atom. The van der Waals surface area contributed by atoms with Crippen molar-refractivity contribution < 1.29 is 13.8 Å². The summed E-state index contributed by atoms with van der Waals surface area (Å²) in [5.74, 6) is -0.989. The van der Waals surface area contributed by atoms with Crippen LogP contribution in [0.5, 0.6) is 0 Å². The van der Waals surface area contributed by atoms with Crippen molar-refractivity contribution in [2.24, 2.45) is 0 Å². The van der Waals surface area contributed by atoms with Crippen molar-refractivity contribution >= 4 is 28.3 Å². The number of anilines is 1. The maximum absolute atomic E-state index is 12.3. The molecule has 0 spiro atoms. The number of hydrogen-bond acceptors (Lipinski definition) is 3. The van der Waals surface area contributed by atoms with Gasteiger partial charge in [0.1, 0.15) is 11.5 Å². The van der Waals surface area contributed by atoms with Crippen LogP contribution in [0.2, 0.25) is 0 Å². The molecule has 1 aliphatic carbocycles. The second-order valence-corrected chi connectivity index (χ2v) is 8.74. The highest BCUT2D eigenvalue weighted by atomic mass is 32.2. The third-order valence-electron chi connectivity index (χ3n) is 5.08. The molecule has 0 unspecified atom stereocenters. The quantitative estimate of drug-likeness (QED) is 0.785. The topological polar surface area (TPSA) is 75.3 Å². The van der Waals surface area contributed by atoms with Gasteiger partial charge in [-0.1, -0.05) is 30.3 Å². The van der Waals surface area contributed by atoms with Gasteiger partial charge in [0, 0.05) is 16.5 Å². The van der Waals surface area contributed by atoms with Gasteiger partial charge in [0.2, 0.25) is 11.8 Å². The monoisotopic (exact) mass is 398 g/mol. The number of benzene rings is 2. The maximum atomic E-state index is 12.3.